The average Bonchev–Trinajstić information content (AvgIpc) is 2.51. The smallest absolute Gasteiger partial charge is 0.200 e. The quantitative estimate of drug-likeness (QED) is 0.636. The van der Waals surface area contributed by atoms with E-state index in [4.69, 9.17) is 4.74 Å². The maximum atomic E-state index is 9.77. The second-order valence-corrected chi connectivity index (χ2v) is 4.82. The first kappa shape index (κ1) is 15.0. The van der Waals surface area contributed by atoms with Crippen molar-refractivity contribution < 1.29 is 20.1 Å². The van der Waals surface area contributed by atoms with E-state index in [1.54, 1.807) is 13.2 Å². The van der Waals surface area contributed by atoms with Crippen molar-refractivity contribution in [3.8, 4) is 23.0 Å². The lowest BCUT2D eigenvalue weighted by Gasteiger charge is -2.16. The van der Waals surface area contributed by atoms with E-state index in [1.165, 1.54) is 6.07 Å². The summed E-state index contributed by atoms with van der Waals surface area (Å²) in [6, 6.07) is 10.7. The zero-order chi connectivity index (χ0) is 15.4. The van der Waals surface area contributed by atoms with Gasteiger partial charge in [0.05, 0.1) is 7.11 Å². The van der Waals surface area contributed by atoms with E-state index in [0.717, 1.165) is 11.3 Å². The molecular weight excluding hydrogens is 270 g/mol. The van der Waals surface area contributed by atoms with Crippen molar-refractivity contribution in [3.05, 3.63) is 47.5 Å². The molecule has 0 aliphatic carbocycles. The van der Waals surface area contributed by atoms with E-state index in [0.29, 0.717) is 12.1 Å². The fourth-order valence-electron chi connectivity index (χ4n) is 2.05. The average molecular weight is 289 g/mol. The lowest BCUT2D eigenvalue weighted by molar-refractivity contribution is 0.363. The molecule has 0 aliphatic heterocycles. The van der Waals surface area contributed by atoms with Crippen LogP contribution in [0.1, 0.15) is 24.1 Å². The predicted octanol–water partition coefficient (Wildman–Crippen LogP) is 2.66. The Morgan fingerprint density at radius 2 is 1.86 bits per heavy atom. The van der Waals surface area contributed by atoms with Crippen LogP contribution in [0.3, 0.4) is 0 Å². The van der Waals surface area contributed by atoms with Gasteiger partial charge in [-0.05, 0) is 30.7 Å². The number of ether oxygens (including phenoxy) is 1. The third kappa shape index (κ3) is 3.38. The zero-order valence-corrected chi connectivity index (χ0v) is 12.0. The monoisotopic (exact) mass is 289 g/mol. The summed E-state index contributed by atoms with van der Waals surface area (Å²) < 4.78 is 5.19. The molecule has 0 unspecified atom stereocenters. The van der Waals surface area contributed by atoms with Gasteiger partial charge in [0.15, 0.2) is 11.5 Å². The van der Waals surface area contributed by atoms with Crippen molar-refractivity contribution >= 4 is 0 Å². The van der Waals surface area contributed by atoms with E-state index in [2.05, 4.69) is 5.32 Å². The highest BCUT2D eigenvalue weighted by atomic mass is 16.5. The number of phenolic OH excluding ortho intramolecular Hbond substituents is 3. The Morgan fingerprint density at radius 3 is 2.57 bits per heavy atom. The van der Waals surface area contributed by atoms with Gasteiger partial charge in [0.1, 0.15) is 5.75 Å². The molecule has 0 fully saturated rings. The molecule has 0 bridgehead atoms. The van der Waals surface area contributed by atoms with Crippen molar-refractivity contribution in [1.29, 1.82) is 0 Å². The molecule has 1 atom stereocenters. The third-order valence-electron chi connectivity index (χ3n) is 3.41. The van der Waals surface area contributed by atoms with Crippen molar-refractivity contribution in [2.24, 2.45) is 0 Å². The van der Waals surface area contributed by atoms with Crippen molar-refractivity contribution in [3.63, 3.8) is 0 Å². The second-order valence-electron chi connectivity index (χ2n) is 4.82. The summed E-state index contributed by atoms with van der Waals surface area (Å²) in [6.45, 7) is 2.35. The highest BCUT2D eigenvalue weighted by molar-refractivity contribution is 5.53. The molecule has 0 radical (unpaired) electrons. The van der Waals surface area contributed by atoms with Gasteiger partial charge in [-0.1, -0.05) is 18.2 Å². The molecule has 0 heterocycles. The molecule has 0 aromatic heterocycles. The molecule has 5 heteroatoms. The molecule has 2 rings (SSSR count). The molecule has 0 saturated carbocycles. The minimum Gasteiger partial charge on any atom is -0.504 e. The van der Waals surface area contributed by atoms with E-state index in [-0.39, 0.29) is 17.5 Å². The van der Waals surface area contributed by atoms with Gasteiger partial charge in [-0.15, -0.1) is 0 Å². The maximum absolute atomic E-state index is 9.77. The lowest BCUT2D eigenvalue weighted by atomic mass is 10.1. The number of hydrogen-bond donors (Lipinski definition) is 4. The van der Waals surface area contributed by atoms with Crippen LogP contribution >= 0.6 is 0 Å². The Kier molecular flexibility index (Phi) is 4.55. The summed E-state index contributed by atoms with van der Waals surface area (Å²) >= 11 is 0. The summed E-state index contributed by atoms with van der Waals surface area (Å²) in [5.41, 5.74) is 1.57. The largest absolute Gasteiger partial charge is 0.504 e. The van der Waals surface area contributed by atoms with E-state index < -0.39 is 5.75 Å². The Morgan fingerprint density at radius 1 is 1.10 bits per heavy atom. The molecule has 0 spiro atoms. The molecule has 4 N–H and O–H groups in total. The number of methoxy groups -OCH3 is 1. The summed E-state index contributed by atoms with van der Waals surface area (Å²) in [5.74, 6) is -0.355. The highest BCUT2D eigenvalue weighted by Gasteiger charge is 2.12. The van der Waals surface area contributed by atoms with Gasteiger partial charge in [-0.3, -0.25) is 0 Å². The SMILES string of the molecule is COc1cccc([C@@H](C)NCc2ccc(O)c(O)c2O)c1. The van der Waals surface area contributed by atoms with Crippen LogP contribution in [0.25, 0.3) is 0 Å². The number of aromatic hydroxyl groups is 3. The van der Waals surface area contributed by atoms with E-state index in [9.17, 15) is 15.3 Å². The molecule has 112 valence electrons. The van der Waals surface area contributed by atoms with Crippen LogP contribution in [0, 0.1) is 0 Å². The molecule has 2 aromatic carbocycles. The molecule has 21 heavy (non-hydrogen) atoms. The van der Waals surface area contributed by atoms with Crippen molar-refractivity contribution in [2.75, 3.05) is 7.11 Å². The van der Waals surface area contributed by atoms with Gasteiger partial charge in [0.2, 0.25) is 5.75 Å². The van der Waals surface area contributed by atoms with Crippen LogP contribution in [0.2, 0.25) is 0 Å². The van der Waals surface area contributed by atoms with Crippen LogP contribution < -0.4 is 10.1 Å². The van der Waals surface area contributed by atoms with Crippen LogP contribution in [0.5, 0.6) is 23.0 Å². The molecule has 5 nitrogen and oxygen atoms in total. The fraction of sp³-hybridized carbons (Fsp3) is 0.250. The minimum absolute atomic E-state index is 0.0374. The van der Waals surface area contributed by atoms with Gasteiger partial charge >= 0.3 is 0 Å². The first-order chi connectivity index (χ1) is 10.0. The number of nitrogens with one attached hydrogen (secondary N) is 1. The Bertz CT molecular complexity index is 628. The summed E-state index contributed by atoms with van der Waals surface area (Å²) in [7, 11) is 1.62. The molecule has 0 amide bonds. The Labute approximate surface area is 123 Å². The van der Waals surface area contributed by atoms with Crippen LogP contribution in [0.4, 0.5) is 0 Å². The van der Waals surface area contributed by atoms with Gasteiger partial charge < -0.3 is 25.4 Å². The molecule has 0 aliphatic rings. The van der Waals surface area contributed by atoms with Gasteiger partial charge in [-0.2, -0.15) is 0 Å². The summed E-state index contributed by atoms with van der Waals surface area (Å²) in [4.78, 5) is 0. The third-order valence-corrected chi connectivity index (χ3v) is 3.41. The van der Waals surface area contributed by atoms with Crippen LogP contribution in [-0.2, 0) is 6.54 Å². The zero-order valence-electron chi connectivity index (χ0n) is 12.0. The normalized spacial score (nSPS) is 12.1. The van der Waals surface area contributed by atoms with Crippen LogP contribution in [-0.4, -0.2) is 22.4 Å². The number of rotatable bonds is 5. The standard InChI is InChI=1S/C16H19NO4/c1-10(11-4-3-5-13(8-11)21-2)17-9-12-6-7-14(18)16(20)15(12)19/h3-8,10,17-20H,9H2,1-2H3/t10-/m1/s1. The molecule has 0 saturated heterocycles. The first-order valence-corrected chi connectivity index (χ1v) is 6.63. The van der Waals surface area contributed by atoms with Gasteiger partial charge in [-0.25, -0.2) is 0 Å². The maximum Gasteiger partial charge on any atom is 0.200 e. The fourth-order valence-corrected chi connectivity index (χ4v) is 2.05. The van der Waals surface area contributed by atoms with E-state index in [1.807, 2.05) is 31.2 Å². The second kappa shape index (κ2) is 6.37. The lowest BCUT2D eigenvalue weighted by Crippen LogP contribution is -2.18. The first-order valence-electron chi connectivity index (χ1n) is 6.63. The molecule has 2 aromatic rings. The van der Waals surface area contributed by atoms with Gasteiger partial charge in [0.25, 0.3) is 0 Å². The van der Waals surface area contributed by atoms with Crippen molar-refractivity contribution in [2.45, 2.75) is 19.5 Å². The van der Waals surface area contributed by atoms with E-state index >= 15 is 0 Å². The predicted molar refractivity (Wildman–Crippen MR) is 79.7 cm³/mol. The highest BCUT2D eigenvalue weighted by Crippen LogP contribution is 2.37. The molecular formula is C16H19NO4. The minimum atomic E-state index is -0.497. The number of phenols is 3. The topological polar surface area (TPSA) is 82.0 Å². The van der Waals surface area contributed by atoms with Crippen molar-refractivity contribution in [1.82, 2.24) is 5.32 Å². The Hall–Kier alpha value is -2.40. The summed E-state index contributed by atoms with van der Waals surface area (Å²) in [6.07, 6.45) is 0. The summed E-state index contributed by atoms with van der Waals surface area (Å²) in [5, 5.41) is 31.8. The van der Waals surface area contributed by atoms with Gasteiger partial charge in [0, 0.05) is 18.2 Å². The number of benzene rings is 2. The number of hydrogen-bond acceptors (Lipinski definition) is 5. The van der Waals surface area contributed by atoms with Crippen LogP contribution in [0.15, 0.2) is 36.4 Å². The Balaban J connectivity index is 2.07.